The summed E-state index contributed by atoms with van der Waals surface area (Å²) in [5.74, 6) is -0.236. The lowest BCUT2D eigenvalue weighted by Gasteiger charge is -2.23. The molecule has 2 N–H and O–H groups in total. The van der Waals surface area contributed by atoms with Crippen molar-refractivity contribution in [3.05, 3.63) is 29.6 Å². The maximum atomic E-state index is 13.7. The normalized spacial score (nSPS) is 10.9. The van der Waals surface area contributed by atoms with Crippen molar-refractivity contribution in [3.8, 4) is 0 Å². The van der Waals surface area contributed by atoms with E-state index in [1.807, 2.05) is 31.9 Å². The lowest BCUT2D eigenvalue weighted by Crippen LogP contribution is -2.26. The Morgan fingerprint density at radius 2 is 2.12 bits per heavy atom. The minimum atomic E-state index is -0.236. The van der Waals surface area contributed by atoms with Crippen LogP contribution in [0, 0.1) is 5.82 Å². The number of rotatable bonds is 6. The van der Waals surface area contributed by atoms with Gasteiger partial charge in [-0.15, -0.1) is 0 Å². The highest BCUT2D eigenvalue weighted by atomic mass is 19.1. The Kier molecular flexibility index (Phi) is 5.38. The third kappa shape index (κ3) is 3.98. The molecule has 0 bridgehead atoms. The fourth-order valence-electron chi connectivity index (χ4n) is 1.69. The predicted octanol–water partition coefficient (Wildman–Crippen LogP) is 2.15. The Labute approximate surface area is 102 Å². The Balaban J connectivity index is 2.70. The molecule has 0 heterocycles. The molecular formula is C13H21FN2O. The Morgan fingerprint density at radius 3 is 2.71 bits per heavy atom. The molecule has 0 spiro atoms. The predicted molar refractivity (Wildman–Crippen MR) is 68.6 cm³/mol. The number of hydrogen-bond acceptors (Lipinski definition) is 3. The molecule has 1 aromatic carbocycles. The van der Waals surface area contributed by atoms with Crippen molar-refractivity contribution in [1.29, 1.82) is 0 Å². The average Bonchev–Trinajstić information content (AvgIpc) is 2.27. The smallest absolute Gasteiger partial charge is 0.146 e. The summed E-state index contributed by atoms with van der Waals surface area (Å²) in [5, 5.41) is 0. The van der Waals surface area contributed by atoms with Crippen molar-refractivity contribution in [2.45, 2.75) is 26.5 Å². The van der Waals surface area contributed by atoms with Gasteiger partial charge >= 0.3 is 0 Å². The quantitative estimate of drug-likeness (QED) is 0.828. The van der Waals surface area contributed by atoms with Crippen molar-refractivity contribution in [2.75, 3.05) is 25.1 Å². The average molecular weight is 240 g/mol. The summed E-state index contributed by atoms with van der Waals surface area (Å²) >= 11 is 0. The van der Waals surface area contributed by atoms with E-state index in [1.54, 1.807) is 6.07 Å². The fraction of sp³-hybridized carbons (Fsp3) is 0.538. The van der Waals surface area contributed by atoms with E-state index in [4.69, 9.17) is 10.5 Å². The minimum absolute atomic E-state index is 0.193. The largest absolute Gasteiger partial charge is 0.377 e. The van der Waals surface area contributed by atoms with Crippen LogP contribution in [0.25, 0.3) is 0 Å². The first-order valence-corrected chi connectivity index (χ1v) is 5.86. The molecule has 0 aliphatic carbocycles. The van der Waals surface area contributed by atoms with Crippen molar-refractivity contribution in [1.82, 2.24) is 0 Å². The van der Waals surface area contributed by atoms with E-state index >= 15 is 0 Å². The van der Waals surface area contributed by atoms with Crippen LogP contribution in [0.15, 0.2) is 18.2 Å². The number of para-hydroxylation sites is 1. The van der Waals surface area contributed by atoms with E-state index in [9.17, 15) is 4.39 Å². The molecule has 1 rings (SSSR count). The number of hydrogen-bond donors (Lipinski definition) is 1. The first-order valence-electron chi connectivity index (χ1n) is 5.86. The zero-order valence-corrected chi connectivity index (χ0v) is 10.7. The van der Waals surface area contributed by atoms with Crippen LogP contribution in [-0.4, -0.2) is 26.3 Å². The standard InChI is InChI=1S/C13H21FN2O/c1-10(2)17-8-7-16(3)13-11(9-15)5-4-6-12(13)14/h4-6,10H,7-9,15H2,1-3H3. The van der Waals surface area contributed by atoms with Crippen LogP contribution >= 0.6 is 0 Å². The molecule has 17 heavy (non-hydrogen) atoms. The van der Waals surface area contributed by atoms with E-state index in [0.717, 1.165) is 5.56 Å². The van der Waals surface area contributed by atoms with Gasteiger partial charge in [-0.25, -0.2) is 4.39 Å². The molecule has 96 valence electrons. The molecule has 4 heteroatoms. The van der Waals surface area contributed by atoms with E-state index in [1.165, 1.54) is 6.07 Å². The van der Waals surface area contributed by atoms with E-state index < -0.39 is 0 Å². The van der Waals surface area contributed by atoms with Gasteiger partial charge in [0, 0.05) is 20.1 Å². The van der Waals surface area contributed by atoms with E-state index in [2.05, 4.69) is 0 Å². The summed E-state index contributed by atoms with van der Waals surface area (Å²) in [4.78, 5) is 1.85. The summed E-state index contributed by atoms with van der Waals surface area (Å²) in [6, 6.07) is 4.98. The van der Waals surface area contributed by atoms with Gasteiger partial charge in [0.05, 0.1) is 18.4 Å². The molecule has 3 nitrogen and oxygen atoms in total. The maximum Gasteiger partial charge on any atom is 0.146 e. The maximum absolute atomic E-state index is 13.7. The number of nitrogens with zero attached hydrogens (tertiary/aromatic N) is 1. The molecule has 0 saturated carbocycles. The van der Waals surface area contributed by atoms with E-state index in [-0.39, 0.29) is 11.9 Å². The number of halogens is 1. The Bertz CT molecular complexity index is 355. The van der Waals surface area contributed by atoms with Crippen LogP contribution in [0.5, 0.6) is 0 Å². The van der Waals surface area contributed by atoms with Gasteiger partial charge in [-0.3, -0.25) is 0 Å². The molecule has 0 amide bonds. The third-order valence-corrected chi connectivity index (χ3v) is 2.55. The molecule has 0 aliphatic heterocycles. The van der Waals surface area contributed by atoms with E-state index in [0.29, 0.717) is 25.4 Å². The first kappa shape index (κ1) is 13.9. The highest BCUT2D eigenvalue weighted by Crippen LogP contribution is 2.22. The lowest BCUT2D eigenvalue weighted by molar-refractivity contribution is 0.0845. The van der Waals surface area contributed by atoms with Gasteiger partial charge in [-0.1, -0.05) is 12.1 Å². The zero-order valence-electron chi connectivity index (χ0n) is 10.7. The van der Waals surface area contributed by atoms with Gasteiger partial charge in [0.1, 0.15) is 5.82 Å². The molecule has 0 saturated heterocycles. The second-order valence-electron chi connectivity index (χ2n) is 4.29. The molecule has 0 aromatic heterocycles. The van der Waals surface area contributed by atoms with Gasteiger partial charge in [-0.2, -0.15) is 0 Å². The molecule has 0 aliphatic rings. The summed E-state index contributed by atoms with van der Waals surface area (Å²) < 4.78 is 19.2. The van der Waals surface area contributed by atoms with Crippen molar-refractivity contribution < 1.29 is 9.13 Å². The van der Waals surface area contributed by atoms with Gasteiger partial charge in [0.2, 0.25) is 0 Å². The molecule has 0 fully saturated rings. The zero-order chi connectivity index (χ0) is 12.8. The number of anilines is 1. The molecule has 0 atom stereocenters. The van der Waals surface area contributed by atoms with Gasteiger partial charge in [-0.05, 0) is 25.5 Å². The van der Waals surface area contributed by atoms with Crippen LogP contribution in [0.1, 0.15) is 19.4 Å². The topological polar surface area (TPSA) is 38.5 Å². The fourth-order valence-corrected chi connectivity index (χ4v) is 1.69. The number of nitrogens with two attached hydrogens (primary N) is 1. The SMILES string of the molecule is CC(C)OCCN(C)c1c(F)cccc1CN. The highest BCUT2D eigenvalue weighted by molar-refractivity contribution is 5.54. The Morgan fingerprint density at radius 1 is 1.41 bits per heavy atom. The van der Waals surface area contributed by atoms with Gasteiger partial charge in [0.15, 0.2) is 0 Å². The highest BCUT2D eigenvalue weighted by Gasteiger charge is 2.11. The number of likely N-dealkylation sites (N-methyl/N-ethyl adjacent to an activating group) is 1. The van der Waals surface area contributed by atoms with Crippen molar-refractivity contribution >= 4 is 5.69 Å². The Hall–Kier alpha value is -1.13. The number of ether oxygens (including phenoxy) is 1. The van der Waals surface area contributed by atoms with Crippen LogP contribution in [0.2, 0.25) is 0 Å². The molecule has 1 aromatic rings. The summed E-state index contributed by atoms with van der Waals surface area (Å²) in [6.45, 7) is 5.52. The molecule has 0 unspecified atom stereocenters. The second-order valence-corrected chi connectivity index (χ2v) is 4.29. The van der Waals surface area contributed by atoms with Crippen molar-refractivity contribution in [2.24, 2.45) is 5.73 Å². The summed E-state index contributed by atoms with van der Waals surface area (Å²) in [7, 11) is 1.85. The summed E-state index contributed by atoms with van der Waals surface area (Å²) in [5.41, 5.74) is 7.00. The van der Waals surface area contributed by atoms with Crippen molar-refractivity contribution in [3.63, 3.8) is 0 Å². The van der Waals surface area contributed by atoms with Gasteiger partial charge in [0.25, 0.3) is 0 Å². The van der Waals surface area contributed by atoms with Crippen LogP contribution in [0.4, 0.5) is 10.1 Å². The summed E-state index contributed by atoms with van der Waals surface area (Å²) in [6.07, 6.45) is 0.193. The first-order chi connectivity index (χ1) is 8.06. The second kappa shape index (κ2) is 6.57. The van der Waals surface area contributed by atoms with Gasteiger partial charge < -0.3 is 15.4 Å². The van der Waals surface area contributed by atoms with Crippen LogP contribution in [0.3, 0.4) is 0 Å². The number of benzene rings is 1. The monoisotopic (exact) mass is 240 g/mol. The molecule has 0 radical (unpaired) electrons. The van der Waals surface area contributed by atoms with Crippen LogP contribution < -0.4 is 10.6 Å². The third-order valence-electron chi connectivity index (χ3n) is 2.55. The lowest BCUT2D eigenvalue weighted by atomic mass is 10.1. The molecular weight excluding hydrogens is 219 g/mol. The van der Waals surface area contributed by atoms with Crippen LogP contribution in [-0.2, 0) is 11.3 Å². The minimum Gasteiger partial charge on any atom is -0.377 e.